The quantitative estimate of drug-likeness (QED) is 0.657. The third-order valence-corrected chi connectivity index (χ3v) is 5.56. The minimum absolute atomic E-state index is 0.0463. The van der Waals surface area contributed by atoms with Crippen LogP contribution in [0.15, 0.2) is 30.6 Å². The minimum atomic E-state index is 0.0463. The van der Waals surface area contributed by atoms with Crippen molar-refractivity contribution in [1.29, 1.82) is 0 Å². The van der Waals surface area contributed by atoms with Crippen LogP contribution in [0, 0.1) is 6.92 Å². The Hall–Kier alpha value is -2.81. The smallest absolute Gasteiger partial charge is 0.267 e. The van der Waals surface area contributed by atoms with E-state index >= 15 is 0 Å². The lowest BCUT2D eigenvalue weighted by atomic mass is 10.2. The van der Waals surface area contributed by atoms with Gasteiger partial charge in [-0.3, -0.25) is 4.79 Å². The number of piperazine rings is 1. The Morgan fingerprint density at radius 1 is 1.11 bits per heavy atom. The third kappa shape index (κ3) is 3.75. The van der Waals surface area contributed by atoms with Crippen molar-refractivity contribution < 1.29 is 4.79 Å². The Morgan fingerprint density at radius 2 is 1.82 bits per heavy atom. The molecule has 0 aromatic carbocycles. The first-order valence-electron chi connectivity index (χ1n) is 9.50. The molecular formula is C19H23N7OS. The van der Waals surface area contributed by atoms with Crippen LogP contribution in [0.5, 0.6) is 0 Å². The first kappa shape index (κ1) is 18.5. The van der Waals surface area contributed by atoms with Gasteiger partial charge < -0.3 is 14.4 Å². The molecule has 0 N–H and O–H groups in total. The van der Waals surface area contributed by atoms with E-state index in [1.807, 2.05) is 47.0 Å². The summed E-state index contributed by atoms with van der Waals surface area (Å²) in [5.74, 6) is 2.53. The number of hydrogen-bond acceptors (Lipinski definition) is 7. The van der Waals surface area contributed by atoms with Crippen LogP contribution >= 0.6 is 11.5 Å². The first-order chi connectivity index (χ1) is 13.7. The van der Waals surface area contributed by atoms with Crippen LogP contribution in [0.4, 0.5) is 5.82 Å². The van der Waals surface area contributed by atoms with Gasteiger partial charge in [-0.05, 0) is 37.0 Å². The predicted octanol–water partition coefficient (Wildman–Crippen LogP) is 2.34. The maximum absolute atomic E-state index is 12.9. The Kier molecular flexibility index (Phi) is 5.34. The molecule has 4 rings (SSSR count). The molecule has 3 aromatic rings. The van der Waals surface area contributed by atoms with Crippen LogP contribution < -0.4 is 4.90 Å². The summed E-state index contributed by atoms with van der Waals surface area (Å²) in [6.07, 6.45) is 5.69. The largest absolute Gasteiger partial charge is 0.353 e. The van der Waals surface area contributed by atoms with Crippen LogP contribution in [0.25, 0.3) is 5.82 Å². The highest BCUT2D eigenvalue weighted by Gasteiger charge is 2.26. The van der Waals surface area contributed by atoms with Gasteiger partial charge in [0.25, 0.3) is 5.91 Å². The maximum Gasteiger partial charge on any atom is 0.267 e. The fraction of sp³-hybridized carbons (Fsp3) is 0.421. The SMILES string of the molecule is CCCc1nnsc1C(=O)N1CCN(c2cc(-n3cccc3)nc(C)n2)CC1. The van der Waals surface area contributed by atoms with Gasteiger partial charge in [0.05, 0.1) is 5.69 Å². The van der Waals surface area contributed by atoms with Gasteiger partial charge in [-0.1, -0.05) is 17.8 Å². The Balaban J connectivity index is 1.46. The zero-order valence-electron chi connectivity index (χ0n) is 16.1. The number of amides is 1. The van der Waals surface area contributed by atoms with Crippen molar-refractivity contribution in [2.45, 2.75) is 26.7 Å². The fourth-order valence-electron chi connectivity index (χ4n) is 3.37. The summed E-state index contributed by atoms with van der Waals surface area (Å²) in [5.41, 5.74) is 0.822. The lowest BCUT2D eigenvalue weighted by molar-refractivity contribution is 0.0750. The topological polar surface area (TPSA) is 80.0 Å². The molecule has 1 saturated heterocycles. The summed E-state index contributed by atoms with van der Waals surface area (Å²) in [7, 11) is 0. The van der Waals surface area contributed by atoms with Crippen molar-refractivity contribution in [2.24, 2.45) is 0 Å². The molecule has 0 unspecified atom stereocenters. The van der Waals surface area contributed by atoms with E-state index in [2.05, 4.69) is 31.4 Å². The zero-order valence-corrected chi connectivity index (χ0v) is 16.9. The molecule has 0 saturated carbocycles. The molecule has 4 heterocycles. The normalized spacial score (nSPS) is 14.5. The van der Waals surface area contributed by atoms with Crippen LogP contribution in [0.1, 0.15) is 34.5 Å². The van der Waals surface area contributed by atoms with Gasteiger partial charge in [-0.25, -0.2) is 9.97 Å². The molecule has 1 aliphatic rings. The summed E-state index contributed by atoms with van der Waals surface area (Å²) in [6.45, 7) is 6.78. The summed E-state index contributed by atoms with van der Waals surface area (Å²) >= 11 is 1.20. The molecule has 1 aliphatic heterocycles. The van der Waals surface area contributed by atoms with E-state index in [9.17, 15) is 4.79 Å². The first-order valence-corrected chi connectivity index (χ1v) is 10.3. The number of hydrogen-bond donors (Lipinski definition) is 0. The van der Waals surface area contributed by atoms with Crippen molar-refractivity contribution in [3.63, 3.8) is 0 Å². The van der Waals surface area contributed by atoms with Crippen LogP contribution in [0.3, 0.4) is 0 Å². The van der Waals surface area contributed by atoms with Crippen LogP contribution in [-0.4, -0.2) is 61.1 Å². The molecule has 9 heteroatoms. The summed E-state index contributed by atoms with van der Waals surface area (Å²) in [5, 5.41) is 4.12. The van der Waals surface area contributed by atoms with Crippen molar-refractivity contribution in [3.8, 4) is 5.82 Å². The van der Waals surface area contributed by atoms with Crippen LogP contribution in [-0.2, 0) is 6.42 Å². The molecule has 0 bridgehead atoms. The second kappa shape index (κ2) is 8.05. The standard InChI is InChI=1S/C19H23N7OS/c1-3-6-15-18(28-23-22-15)19(27)26-11-9-25(10-12-26)17-13-16(20-14(2)21-17)24-7-4-5-8-24/h4-5,7-8,13H,3,6,9-12H2,1-2H3. The average molecular weight is 398 g/mol. The Bertz CT molecular complexity index is 945. The molecule has 8 nitrogen and oxygen atoms in total. The number of carbonyl (C=O) groups excluding carboxylic acids is 1. The Morgan fingerprint density at radius 3 is 2.54 bits per heavy atom. The molecular weight excluding hydrogens is 374 g/mol. The molecule has 1 amide bonds. The highest BCUT2D eigenvalue weighted by atomic mass is 32.1. The molecule has 0 atom stereocenters. The van der Waals surface area contributed by atoms with Crippen LogP contribution in [0.2, 0.25) is 0 Å². The van der Waals surface area contributed by atoms with Gasteiger partial charge >= 0.3 is 0 Å². The highest BCUT2D eigenvalue weighted by Crippen LogP contribution is 2.20. The van der Waals surface area contributed by atoms with E-state index in [-0.39, 0.29) is 5.91 Å². The van der Waals surface area contributed by atoms with E-state index < -0.39 is 0 Å². The summed E-state index contributed by atoms with van der Waals surface area (Å²) < 4.78 is 5.95. The Labute approximate surface area is 168 Å². The second-order valence-electron chi connectivity index (χ2n) is 6.80. The second-order valence-corrected chi connectivity index (χ2v) is 7.55. The lowest BCUT2D eigenvalue weighted by Crippen LogP contribution is -2.49. The lowest BCUT2D eigenvalue weighted by Gasteiger charge is -2.35. The number of rotatable bonds is 5. The maximum atomic E-state index is 12.9. The number of carbonyl (C=O) groups is 1. The van der Waals surface area contributed by atoms with Gasteiger partial charge in [0.15, 0.2) is 0 Å². The van der Waals surface area contributed by atoms with E-state index in [0.29, 0.717) is 18.0 Å². The van der Waals surface area contributed by atoms with Gasteiger partial charge in [-0.2, -0.15) is 0 Å². The van der Waals surface area contributed by atoms with E-state index in [4.69, 9.17) is 0 Å². The molecule has 1 fully saturated rings. The molecule has 28 heavy (non-hydrogen) atoms. The van der Waals surface area contributed by atoms with Gasteiger partial charge in [0.1, 0.15) is 22.3 Å². The average Bonchev–Trinajstić information content (AvgIpc) is 3.40. The molecule has 0 spiro atoms. The monoisotopic (exact) mass is 397 g/mol. The van der Waals surface area contributed by atoms with Crippen molar-refractivity contribution in [1.82, 2.24) is 29.0 Å². The molecule has 0 radical (unpaired) electrons. The highest BCUT2D eigenvalue weighted by molar-refractivity contribution is 7.08. The van der Waals surface area contributed by atoms with Gasteiger partial charge in [0.2, 0.25) is 0 Å². The van der Waals surface area contributed by atoms with E-state index in [1.54, 1.807) is 0 Å². The molecule has 3 aromatic heterocycles. The van der Waals surface area contributed by atoms with E-state index in [1.165, 1.54) is 11.5 Å². The predicted molar refractivity (Wildman–Crippen MR) is 108 cm³/mol. The summed E-state index contributed by atoms with van der Waals surface area (Å²) in [4.78, 5) is 26.8. The van der Waals surface area contributed by atoms with E-state index in [0.717, 1.165) is 49.1 Å². The number of aryl methyl sites for hydroxylation is 2. The van der Waals surface area contributed by atoms with Crippen molar-refractivity contribution in [2.75, 3.05) is 31.1 Å². The number of aromatic nitrogens is 5. The van der Waals surface area contributed by atoms with Gasteiger partial charge in [0, 0.05) is 44.6 Å². The zero-order chi connectivity index (χ0) is 19.5. The van der Waals surface area contributed by atoms with Crippen molar-refractivity contribution >= 4 is 23.3 Å². The number of nitrogens with zero attached hydrogens (tertiary/aromatic N) is 7. The van der Waals surface area contributed by atoms with Gasteiger partial charge in [-0.15, -0.1) is 5.10 Å². The fourth-order valence-corrected chi connectivity index (χ4v) is 4.05. The molecule has 0 aliphatic carbocycles. The third-order valence-electron chi connectivity index (χ3n) is 4.81. The minimum Gasteiger partial charge on any atom is -0.353 e. The van der Waals surface area contributed by atoms with Crippen molar-refractivity contribution in [3.05, 3.63) is 47.0 Å². The summed E-state index contributed by atoms with van der Waals surface area (Å²) in [6, 6.07) is 5.95. The number of anilines is 1. The molecule has 146 valence electrons.